The van der Waals surface area contributed by atoms with Gasteiger partial charge in [-0.15, -0.1) is 10.2 Å². The lowest BCUT2D eigenvalue weighted by molar-refractivity contribution is 0.589. The Morgan fingerprint density at radius 2 is 2.10 bits per heavy atom. The van der Waals surface area contributed by atoms with Gasteiger partial charge in [-0.1, -0.05) is 6.42 Å². The van der Waals surface area contributed by atoms with Crippen LogP contribution in [0.4, 0.5) is 5.69 Å². The molecule has 2 aliphatic heterocycles. The maximum atomic E-state index is 4.47. The average Bonchev–Trinajstić information content (AvgIpc) is 2.99. The zero-order chi connectivity index (χ0) is 14.1. The Bertz CT molecular complexity index is 614. The predicted octanol–water partition coefficient (Wildman–Crippen LogP) is 2.10. The summed E-state index contributed by atoms with van der Waals surface area (Å²) in [7, 11) is 0. The van der Waals surface area contributed by atoms with Gasteiger partial charge in [0.25, 0.3) is 0 Å². The zero-order valence-electron chi connectivity index (χ0n) is 12.2. The maximum absolute atomic E-state index is 4.47. The molecule has 2 aliphatic rings. The van der Waals surface area contributed by atoms with E-state index in [-0.39, 0.29) is 0 Å². The van der Waals surface area contributed by atoms with Crippen LogP contribution in [0.1, 0.15) is 30.3 Å². The van der Waals surface area contributed by atoms with Gasteiger partial charge >= 0.3 is 0 Å². The standard InChI is InChI=1S/C15H21N5S/c1-2-10-21-13(3-1)15-18-17-14-11-12(4-7-20(14)15)19-8-5-16-6-9-19/h4,7,11,13,16H,1-3,5-6,8-10H2. The van der Waals surface area contributed by atoms with Crippen molar-refractivity contribution in [3.63, 3.8) is 0 Å². The molecule has 0 bridgehead atoms. The molecule has 6 heteroatoms. The fraction of sp³-hybridized carbons (Fsp3) is 0.600. The summed E-state index contributed by atoms with van der Waals surface area (Å²) in [5, 5.41) is 12.8. The molecule has 112 valence electrons. The molecule has 0 aromatic carbocycles. The molecule has 2 saturated heterocycles. The number of piperazine rings is 1. The van der Waals surface area contributed by atoms with Gasteiger partial charge in [-0.3, -0.25) is 4.40 Å². The largest absolute Gasteiger partial charge is 0.369 e. The number of pyridine rings is 1. The molecule has 1 N–H and O–H groups in total. The molecular formula is C15H21N5S. The molecule has 21 heavy (non-hydrogen) atoms. The summed E-state index contributed by atoms with van der Waals surface area (Å²) < 4.78 is 2.18. The van der Waals surface area contributed by atoms with Crippen molar-refractivity contribution in [3.05, 3.63) is 24.2 Å². The fourth-order valence-electron chi connectivity index (χ4n) is 3.18. The first-order valence-electron chi connectivity index (χ1n) is 7.84. The highest BCUT2D eigenvalue weighted by molar-refractivity contribution is 7.99. The molecule has 0 radical (unpaired) electrons. The lowest BCUT2D eigenvalue weighted by Crippen LogP contribution is -2.43. The van der Waals surface area contributed by atoms with Gasteiger partial charge < -0.3 is 10.2 Å². The lowest BCUT2D eigenvalue weighted by atomic mass is 10.2. The number of hydrogen-bond donors (Lipinski definition) is 1. The SMILES string of the molecule is c1cn2c(C3CCCCS3)nnc2cc1N1CCNCC1. The third-order valence-corrected chi connectivity index (χ3v) is 5.74. The lowest BCUT2D eigenvalue weighted by Gasteiger charge is -2.29. The quantitative estimate of drug-likeness (QED) is 0.920. The van der Waals surface area contributed by atoms with Crippen LogP contribution in [-0.2, 0) is 0 Å². The molecule has 1 atom stereocenters. The number of hydrogen-bond acceptors (Lipinski definition) is 5. The molecule has 2 aromatic rings. The second-order valence-electron chi connectivity index (χ2n) is 5.76. The summed E-state index contributed by atoms with van der Waals surface area (Å²) in [5.74, 6) is 2.37. The van der Waals surface area contributed by atoms with Crippen LogP contribution in [0, 0.1) is 0 Å². The Morgan fingerprint density at radius 3 is 2.90 bits per heavy atom. The van der Waals surface area contributed by atoms with Crippen LogP contribution in [0.3, 0.4) is 0 Å². The van der Waals surface area contributed by atoms with Crippen molar-refractivity contribution < 1.29 is 0 Å². The third-order valence-electron chi connectivity index (χ3n) is 4.37. The molecule has 0 spiro atoms. The van der Waals surface area contributed by atoms with Crippen molar-refractivity contribution in [2.24, 2.45) is 0 Å². The first kappa shape index (κ1) is 13.4. The van der Waals surface area contributed by atoms with Gasteiger partial charge in [0.1, 0.15) is 0 Å². The molecule has 0 amide bonds. The van der Waals surface area contributed by atoms with Gasteiger partial charge in [0.15, 0.2) is 11.5 Å². The number of nitrogens with one attached hydrogen (secondary N) is 1. The molecular weight excluding hydrogens is 282 g/mol. The van der Waals surface area contributed by atoms with Crippen molar-refractivity contribution >= 4 is 23.1 Å². The zero-order valence-corrected chi connectivity index (χ0v) is 13.0. The summed E-state index contributed by atoms with van der Waals surface area (Å²) in [4.78, 5) is 2.42. The molecule has 0 saturated carbocycles. The van der Waals surface area contributed by atoms with Crippen LogP contribution in [0.25, 0.3) is 5.65 Å². The molecule has 4 rings (SSSR count). The van der Waals surface area contributed by atoms with Gasteiger partial charge in [-0.25, -0.2) is 0 Å². The Kier molecular flexibility index (Phi) is 3.73. The number of fused-ring (bicyclic) bond motifs is 1. The van der Waals surface area contributed by atoms with E-state index >= 15 is 0 Å². The first-order chi connectivity index (χ1) is 10.4. The highest BCUT2D eigenvalue weighted by atomic mass is 32.2. The van der Waals surface area contributed by atoms with Crippen molar-refractivity contribution in [1.29, 1.82) is 0 Å². The average molecular weight is 303 g/mol. The summed E-state index contributed by atoms with van der Waals surface area (Å²) in [6.45, 7) is 4.24. The maximum Gasteiger partial charge on any atom is 0.162 e. The molecule has 5 nitrogen and oxygen atoms in total. The van der Waals surface area contributed by atoms with E-state index in [9.17, 15) is 0 Å². The summed E-state index contributed by atoms with van der Waals surface area (Å²) >= 11 is 2.03. The number of nitrogens with zero attached hydrogens (tertiary/aromatic N) is 4. The van der Waals surface area contributed by atoms with Crippen molar-refractivity contribution in [1.82, 2.24) is 19.9 Å². The fourth-order valence-corrected chi connectivity index (χ4v) is 4.48. The van der Waals surface area contributed by atoms with Crippen LogP contribution in [0.2, 0.25) is 0 Å². The van der Waals surface area contributed by atoms with Gasteiger partial charge in [-0.05, 0) is 24.7 Å². The topological polar surface area (TPSA) is 45.5 Å². The summed E-state index contributed by atoms with van der Waals surface area (Å²) in [5.41, 5.74) is 2.24. The van der Waals surface area contributed by atoms with Gasteiger partial charge in [-0.2, -0.15) is 11.8 Å². The van der Waals surface area contributed by atoms with E-state index in [4.69, 9.17) is 0 Å². The van der Waals surface area contributed by atoms with E-state index in [1.807, 2.05) is 11.8 Å². The van der Waals surface area contributed by atoms with Crippen LogP contribution < -0.4 is 10.2 Å². The minimum atomic E-state index is 0.513. The molecule has 2 aromatic heterocycles. The number of anilines is 1. The summed E-state index contributed by atoms with van der Waals surface area (Å²) in [6.07, 6.45) is 6.03. The monoisotopic (exact) mass is 303 g/mol. The van der Waals surface area contributed by atoms with Crippen LogP contribution in [0.15, 0.2) is 18.3 Å². The number of thioether (sulfide) groups is 1. The molecule has 2 fully saturated rings. The Morgan fingerprint density at radius 1 is 1.19 bits per heavy atom. The molecule has 4 heterocycles. The van der Waals surface area contributed by atoms with Crippen molar-refractivity contribution in [2.75, 3.05) is 36.8 Å². The summed E-state index contributed by atoms with van der Waals surface area (Å²) in [6, 6.07) is 4.38. The predicted molar refractivity (Wildman–Crippen MR) is 87.1 cm³/mol. The third kappa shape index (κ3) is 2.62. The van der Waals surface area contributed by atoms with E-state index in [1.165, 1.54) is 30.7 Å². The van der Waals surface area contributed by atoms with Crippen molar-refractivity contribution in [3.8, 4) is 0 Å². The van der Waals surface area contributed by atoms with E-state index < -0.39 is 0 Å². The van der Waals surface area contributed by atoms with Gasteiger partial charge in [0, 0.05) is 44.1 Å². The molecule has 0 aliphatic carbocycles. The number of aromatic nitrogens is 3. The minimum absolute atomic E-state index is 0.513. The Balaban J connectivity index is 1.63. The Hall–Kier alpha value is -1.27. The van der Waals surface area contributed by atoms with Gasteiger partial charge in [0.2, 0.25) is 0 Å². The van der Waals surface area contributed by atoms with E-state index in [2.05, 4.69) is 43.1 Å². The van der Waals surface area contributed by atoms with Crippen LogP contribution in [0.5, 0.6) is 0 Å². The normalized spacial score (nSPS) is 23.6. The first-order valence-corrected chi connectivity index (χ1v) is 8.89. The highest BCUT2D eigenvalue weighted by Crippen LogP contribution is 2.37. The van der Waals surface area contributed by atoms with Gasteiger partial charge in [0.05, 0.1) is 5.25 Å². The second kappa shape index (κ2) is 5.85. The molecule has 1 unspecified atom stereocenters. The second-order valence-corrected chi connectivity index (χ2v) is 7.07. The minimum Gasteiger partial charge on any atom is -0.369 e. The Labute approximate surface area is 129 Å². The van der Waals surface area contributed by atoms with E-state index in [0.29, 0.717) is 5.25 Å². The highest BCUT2D eigenvalue weighted by Gasteiger charge is 2.21. The van der Waals surface area contributed by atoms with E-state index in [0.717, 1.165) is 37.7 Å². The van der Waals surface area contributed by atoms with Crippen LogP contribution in [-0.4, -0.2) is 46.5 Å². The number of rotatable bonds is 2. The van der Waals surface area contributed by atoms with Crippen LogP contribution >= 0.6 is 11.8 Å². The smallest absolute Gasteiger partial charge is 0.162 e. The van der Waals surface area contributed by atoms with Crippen molar-refractivity contribution in [2.45, 2.75) is 24.5 Å². The van der Waals surface area contributed by atoms with E-state index in [1.54, 1.807) is 0 Å².